The lowest BCUT2D eigenvalue weighted by Crippen LogP contribution is -2.28. The third-order valence-corrected chi connectivity index (χ3v) is 4.23. The Kier molecular flexibility index (Phi) is 4.34. The lowest BCUT2D eigenvalue weighted by atomic mass is 9.88. The zero-order valence-electron chi connectivity index (χ0n) is 11.9. The van der Waals surface area contributed by atoms with Gasteiger partial charge in [-0.25, -0.2) is 0 Å². The highest BCUT2D eigenvalue weighted by Crippen LogP contribution is 2.33. The molecule has 1 heterocycles. The standard InChI is InChI=1S/C14H22N2O3/c1-4-14(5-2,18-3)13-15-12(19-16-13)10-8-6-7-9-11(10)17/h10H,4-9H2,1-3H3. The van der Waals surface area contributed by atoms with Crippen LogP contribution >= 0.6 is 0 Å². The maximum absolute atomic E-state index is 11.9. The van der Waals surface area contributed by atoms with Gasteiger partial charge in [-0.05, 0) is 25.7 Å². The summed E-state index contributed by atoms with van der Waals surface area (Å²) in [6, 6.07) is 0. The quantitative estimate of drug-likeness (QED) is 0.819. The number of ketones is 1. The SMILES string of the molecule is CCC(CC)(OC)c1noc(C2CCCCC2=O)n1. The van der Waals surface area contributed by atoms with Gasteiger partial charge in [0.05, 0.1) is 5.92 Å². The second-order valence-corrected chi connectivity index (χ2v) is 5.13. The van der Waals surface area contributed by atoms with Crippen molar-refractivity contribution >= 4 is 5.78 Å². The van der Waals surface area contributed by atoms with Crippen molar-refractivity contribution in [3.05, 3.63) is 11.7 Å². The number of hydrogen-bond acceptors (Lipinski definition) is 5. The van der Waals surface area contributed by atoms with Gasteiger partial charge in [-0.1, -0.05) is 25.4 Å². The molecule has 0 spiro atoms. The Balaban J connectivity index is 2.25. The van der Waals surface area contributed by atoms with Crippen LogP contribution in [0.4, 0.5) is 0 Å². The van der Waals surface area contributed by atoms with Gasteiger partial charge in [0.25, 0.3) is 0 Å². The summed E-state index contributed by atoms with van der Waals surface area (Å²) in [5.41, 5.74) is -0.501. The maximum atomic E-state index is 11.9. The molecule has 0 bridgehead atoms. The van der Waals surface area contributed by atoms with E-state index in [1.54, 1.807) is 7.11 Å². The predicted octanol–water partition coefficient (Wildman–Crippen LogP) is 2.96. The van der Waals surface area contributed by atoms with E-state index in [-0.39, 0.29) is 11.7 Å². The summed E-state index contributed by atoms with van der Waals surface area (Å²) >= 11 is 0. The summed E-state index contributed by atoms with van der Waals surface area (Å²) in [7, 11) is 1.66. The molecule has 1 aromatic heterocycles. The number of nitrogens with zero attached hydrogens (tertiary/aromatic N) is 2. The number of hydrogen-bond donors (Lipinski definition) is 0. The van der Waals surface area contributed by atoms with Crippen LogP contribution in [0, 0.1) is 0 Å². The lowest BCUT2D eigenvalue weighted by Gasteiger charge is -2.26. The number of ether oxygens (including phenoxy) is 1. The number of methoxy groups -OCH3 is 1. The van der Waals surface area contributed by atoms with E-state index in [9.17, 15) is 4.79 Å². The molecular formula is C14H22N2O3. The zero-order chi connectivity index (χ0) is 13.9. The Labute approximate surface area is 113 Å². The van der Waals surface area contributed by atoms with Gasteiger partial charge in [0.15, 0.2) is 0 Å². The molecule has 1 aromatic rings. The molecule has 0 aromatic carbocycles. The Morgan fingerprint density at radius 1 is 1.37 bits per heavy atom. The fourth-order valence-electron chi connectivity index (χ4n) is 2.75. The minimum Gasteiger partial charge on any atom is -0.370 e. The van der Waals surface area contributed by atoms with Crippen LogP contribution < -0.4 is 0 Å². The second kappa shape index (κ2) is 5.82. The van der Waals surface area contributed by atoms with Crippen LogP contribution in [0.1, 0.15) is 70.0 Å². The first-order chi connectivity index (χ1) is 9.16. The third-order valence-electron chi connectivity index (χ3n) is 4.23. The minimum absolute atomic E-state index is 0.210. The van der Waals surface area contributed by atoms with Crippen molar-refractivity contribution in [1.29, 1.82) is 0 Å². The molecule has 106 valence electrons. The lowest BCUT2D eigenvalue weighted by molar-refractivity contribution is -0.122. The molecule has 0 N–H and O–H groups in total. The molecular weight excluding hydrogens is 244 g/mol. The molecule has 1 fully saturated rings. The van der Waals surface area contributed by atoms with Gasteiger partial charge in [0, 0.05) is 13.5 Å². The van der Waals surface area contributed by atoms with Gasteiger partial charge in [-0.3, -0.25) is 4.79 Å². The molecule has 1 saturated carbocycles. The molecule has 5 heteroatoms. The summed E-state index contributed by atoms with van der Waals surface area (Å²) in [5, 5.41) is 4.05. The van der Waals surface area contributed by atoms with Crippen molar-refractivity contribution in [3.8, 4) is 0 Å². The summed E-state index contributed by atoms with van der Waals surface area (Å²) in [6.07, 6.45) is 5.01. The van der Waals surface area contributed by atoms with E-state index in [0.29, 0.717) is 18.1 Å². The number of aromatic nitrogens is 2. The van der Waals surface area contributed by atoms with E-state index in [1.807, 2.05) is 13.8 Å². The highest BCUT2D eigenvalue weighted by atomic mass is 16.5. The summed E-state index contributed by atoms with van der Waals surface area (Å²) in [6.45, 7) is 4.07. The summed E-state index contributed by atoms with van der Waals surface area (Å²) in [4.78, 5) is 16.3. The highest BCUT2D eigenvalue weighted by molar-refractivity contribution is 5.85. The van der Waals surface area contributed by atoms with E-state index >= 15 is 0 Å². The van der Waals surface area contributed by atoms with E-state index in [0.717, 1.165) is 32.1 Å². The van der Waals surface area contributed by atoms with Gasteiger partial charge < -0.3 is 9.26 Å². The molecule has 1 aliphatic carbocycles. The smallest absolute Gasteiger partial charge is 0.237 e. The largest absolute Gasteiger partial charge is 0.370 e. The molecule has 1 unspecified atom stereocenters. The zero-order valence-corrected chi connectivity index (χ0v) is 11.9. The van der Waals surface area contributed by atoms with Crippen LogP contribution in [0.5, 0.6) is 0 Å². The van der Waals surface area contributed by atoms with Gasteiger partial charge >= 0.3 is 0 Å². The minimum atomic E-state index is -0.501. The Morgan fingerprint density at radius 2 is 2.11 bits per heavy atom. The van der Waals surface area contributed by atoms with E-state index in [1.165, 1.54) is 0 Å². The molecule has 0 radical (unpaired) electrons. The average Bonchev–Trinajstić information content (AvgIpc) is 2.92. The maximum Gasteiger partial charge on any atom is 0.237 e. The average molecular weight is 266 g/mol. The monoisotopic (exact) mass is 266 g/mol. The van der Waals surface area contributed by atoms with Gasteiger partial charge in [-0.15, -0.1) is 0 Å². The van der Waals surface area contributed by atoms with Gasteiger partial charge in [-0.2, -0.15) is 4.98 Å². The number of rotatable bonds is 5. The van der Waals surface area contributed by atoms with Crippen LogP contribution in [0.25, 0.3) is 0 Å². The fourth-order valence-corrected chi connectivity index (χ4v) is 2.75. The first-order valence-electron chi connectivity index (χ1n) is 7.08. The van der Waals surface area contributed by atoms with Crippen LogP contribution in [0.2, 0.25) is 0 Å². The Bertz CT molecular complexity index is 429. The number of carbonyl (C=O) groups excluding carboxylic acids is 1. The van der Waals surface area contributed by atoms with E-state index in [4.69, 9.17) is 9.26 Å². The van der Waals surface area contributed by atoms with Gasteiger partial charge in [0.1, 0.15) is 11.4 Å². The Morgan fingerprint density at radius 3 is 2.68 bits per heavy atom. The molecule has 0 saturated heterocycles. The molecule has 1 aliphatic rings. The third kappa shape index (κ3) is 2.56. The Hall–Kier alpha value is -1.23. The van der Waals surface area contributed by atoms with Gasteiger partial charge in [0.2, 0.25) is 11.7 Å². The van der Waals surface area contributed by atoms with E-state index in [2.05, 4.69) is 10.1 Å². The summed E-state index contributed by atoms with van der Waals surface area (Å²) < 4.78 is 10.9. The van der Waals surface area contributed by atoms with Crippen molar-refractivity contribution in [2.45, 2.75) is 63.9 Å². The second-order valence-electron chi connectivity index (χ2n) is 5.13. The van der Waals surface area contributed by atoms with Crippen molar-refractivity contribution in [3.63, 3.8) is 0 Å². The topological polar surface area (TPSA) is 65.2 Å². The van der Waals surface area contributed by atoms with Crippen LogP contribution in [0.15, 0.2) is 4.52 Å². The molecule has 0 aliphatic heterocycles. The molecule has 19 heavy (non-hydrogen) atoms. The fraction of sp³-hybridized carbons (Fsp3) is 0.786. The molecule has 2 rings (SSSR count). The van der Waals surface area contributed by atoms with Crippen LogP contribution in [-0.4, -0.2) is 23.0 Å². The van der Waals surface area contributed by atoms with Crippen molar-refractivity contribution in [1.82, 2.24) is 10.1 Å². The molecule has 5 nitrogen and oxygen atoms in total. The summed E-state index contributed by atoms with van der Waals surface area (Å²) in [5.74, 6) is 1.03. The number of Topliss-reactive ketones (excluding diaryl/α,β-unsaturated/α-hetero) is 1. The molecule has 1 atom stereocenters. The first-order valence-corrected chi connectivity index (χ1v) is 7.08. The number of carbonyl (C=O) groups is 1. The first kappa shape index (κ1) is 14.2. The van der Waals surface area contributed by atoms with Crippen LogP contribution in [-0.2, 0) is 15.1 Å². The van der Waals surface area contributed by atoms with Crippen molar-refractivity contribution in [2.24, 2.45) is 0 Å². The highest BCUT2D eigenvalue weighted by Gasteiger charge is 2.36. The predicted molar refractivity (Wildman–Crippen MR) is 69.8 cm³/mol. The van der Waals surface area contributed by atoms with Crippen molar-refractivity contribution in [2.75, 3.05) is 7.11 Å². The van der Waals surface area contributed by atoms with Crippen molar-refractivity contribution < 1.29 is 14.1 Å². The normalized spacial score (nSPS) is 20.8. The van der Waals surface area contributed by atoms with E-state index < -0.39 is 5.60 Å². The molecule has 0 amide bonds. The van der Waals surface area contributed by atoms with Crippen LogP contribution in [0.3, 0.4) is 0 Å².